The second-order valence-electron chi connectivity index (χ2n) is 4.50. The molecule has 1 heterocycles. The van der Waals surface area contributed by atoms with Gasteiger partial charge in [-0.25, -0.2) is 9.37 Å². The Balaban J connectivity index is 1.86. The lowest BCUT2D eigenvalue weighted by molar-refractivity contribution is -0.384. The average Bonchev–Trinajstić information content (AvgIpc) is 2.88. The summed E-state index contributed by atoms with van der Waals surface area (Å²) < 4.78 is 12.8. The van der Waals surface area contributed by atoms with Crippen LogP contribution in [0.1, 0.15) is 10.4 Å². The smallest absolute Gasteiger partial charge is 0.271 e. The van der Waals surface area contributed by atoms with E-state index in [0.717, 1.165) is 0 Å². The van der Waals surface area contributed by atoms with Gasteiger partial charge in [-0.1, -0.05) is 0 Å². The molecule has 3 aromatic rings. The Labute approximate surface area is 122 Å². The number of amides is 1. The van der Waals surface area contributed by atoms with Gasteiger partial charge in [0.25, 0.3) is 11.6 Å². The first-order valence-corrected chi connectivity index (χ1v) is 6.24. The fourth-order valence-electron chi connectivity index (χ4n) is 1.95. The van der Waals surface area contributed by atoms with Crippen LogP contribution in [-0.4, -0.2) is 20.8 Å². The summed E-state index contributed by atoms with van der Waals surface area (Å²) in [6.07, 6.45) is 0. The standard InChI is InChI=1S/C14H9FN4O3/c15-9-3-1-8(2-4-9)13(20)18-14-16-11-6-5-10(19(21)22)7-12(11)17-14/h1-7H,(H2,16,17,18,20). The summed E-state index contributed by atoms with van der Waals surface area (Å²) in [6, 6.07) is 9.19. The first-order valence-electron chi connectivity index (χ1n) is 6.24. The van der Waals surface area contributed by atoms with Crippen molar-refractivity contribution in [2.24, 2.45) is 0 Å². The molecule has 110 valence electrons. The fraction of sp³-hybridized carbons (Fsp3) is 0. The number of carbonyl (C=O) groups is 1. The Morgan fingerprint density at radius 1 is 1.23 bits per heavy atom. The number of aromatic nitrogens is 2. The lowest BCUT2D eigenvalue weighted by Gasteiger charge is -2.01. The Hall–Kier alpha value is -3.29. The van der Waals surface area contributed by atoms with Gasteiger partial charge in [-0.3, -0.25) is 20.2 Å². The molecule has 0 fully saturated rings. The Bertz CT molecular complexity index is 873. The molecule has 0 bridgehead atoms. The molecule has 8 heteroatoms. The molecule has 0 atom stereocenters. The van der Waals surface area contributed by atoms with Crippen LogP contribution in [0.4, 0.5) is 16.0 Å². The summed E-state index contributed by atoms with van der Waals surface area (Å²) in [5.41, 5.74) is 1.11. The molecule has 0 unspecified atom stereocenters. The molecule has 0 spiro atoms. The molecule has 7 nitrogen and oxygen atoms in total. The number of fused-ring (bicyclic) bond motifs is 1. The molecule has 0 aliphatic carbocycles. The van der Waals surface area contributed by atoms with Gasteiger partial charge in [0.2, 0.25) is 5.95 Å². The predicted octanol–water partition coefficient (Wildman–Crippen LogP) is 2.86. The topological polar surface area (TPSA) is 101 Å². The second kappa shape index (κ2) is 5.24. The summed E-state index contributed by atoms with van der Waals surface area (Å²) in [7, 11) is 0. The SMILES string of the molecule is O=C(Nc1nc2ccc([N+](=O)[O-])cc2[nH]1)c1ccc(F)cc1. The molecule has 22 heavy (non-hydrogen) atoms. The number of nitro groups is 1. The number of aromatic amines is 1. The van der Waals surface area contributed by atoms with E-state index in [1.54, 1.807) is 0 Å². The van der Waals surface area contributed by atoms with Crippen LogP contribution in [0.15, 0.2) is 42.5 Å². The van der Waals surface area contributed by atoms with Crippen LogP contribution in [0.5, 0.6) is 0 Å². The van der Waals surface area contributed by atoms with Crippen molar-refractivity contribution in [1.29, 1.82) is 0 Å². The lowest BCUT2D eigenvalue weighted by Crippen LogP contribution is -2.12. The van der Waals surface area contributed by atoms with Gasteiger partial charge in [0.15, 0.2) is 0 Å². The molecule has 0 saturated heterocycles. The van der Waals surface area contributed by atoms with Gasteiger partial charge in [-0.15, -0.1) is 0 Å². The number of nitro benzene ring substituents is 1. The van der Waals surface area contributed by atoms with Crippen molar-refractivity contribution >= 4 is 28.6 Å². The zero-order valence-corrected chi connectivity index (χ0v) is 11.0. The van der Waals surface area contributed by atoms with E-state index in [1.165, 1.54) is 42.5 Å². The van der Waals surface area contributed by atoms with E-state index in [1.807, 2.05) is 0 Å². The van der Waals surface area contributed by atoms with E-state index in [9.17, 15) is 19.3 Å². The van der Waals surface area contributed by atoms with Crippen LogP contribution < -0.4 is 5.32 Å². The fourth-order valence-corrected chi connectivity index (χ4v) is 1.95. The molecular weight excluding hydrogens is 291 g/mol. The van der Waals surface area contributed by atoms with E-state index in [2.05, 4.69) is 15.3 Å². The molecule has 0 aliphatic heterocycles. The van der Waals surface area contributed by atoms with Crippen LogP contribution in [0, 0.1) is 15.9 Å². The third-order valence-corrected chi connectivity index (χ3v) is 3.01. The van der Waals surface area contributed by atoms with Crippen LogP contribution in [0.3, 0.4) is 0 Å². The van der Waals surface area contributed by atoms with Crippen LogP contribution in [0.25, 0.3) is 11.0 Å². The number of hydrogen-bond donors (Lipinski definition) is 2. The highest BCUT2D eigenvalue weighted by Crippen LogP contribution is 2.20. The van der Waals surface area contributed by atoms with E-state index in [0.29, 0.717) is 11.0 Å². The number of hydrogen-bond acceptors (Lipinski definition) is 4. The Morgan fingerprint density at radius 3 is 2.64 bits per heavy atom. The van der Waals surface area contributed by atoms with Crippen molar-refractivity contribution in [3.63, 3.8) is 0 Å². The minimum absolute atomic E-state index is 0.0763. The van der Waals surface area contributed by atoms with Crippen molar-refractivity contribution in [2.45, 2.75) is 0 Å². The molecule has 0 aliphatic rings. The number of nitrogens with one attached hydrogen (secondary N) is 2. The molecule has 1 aromatic heterocycles. The largest absolute Gasteiger partial charge is 0.324 e. The molecule has 1 amide bonds. The van der Waals surface area contributed by atoms with Gasteiger partial charge in [0.1, 0.15) is 5.82 Å². The van der Waals surface area contributed by atoms with Gasteiger partial charge in [-0.2, -0.15) is 0 Å². The predicted molar refractivity (Wildman–Crippen MR) is 77.1 cm³/mol. The molecule has 0 radical (unpaired) electrons. The van der Waals surface area contributed by atoms with E-state index in [4.69, 9.17) is 0 Å². The van der Waals surface area contributed by atoms with Crippen molar-refractivity contribution in [2.75, 3.05) is 5.32 Å². The van der Waals surface area contributed by atoms with E-state index < -0.39 is 16.6 Å². The third-order valence-electron chi connectivity index (χ3n) is 3.01. The minimum atomic E-state index is -0.517. The number of benzene rings is 2. The monoisotopic (exact) mass is 300 g/mol. The average molecular weight is 300 g/mol. The van der Waals surface area contributed by atoms with E-state index >= 15 is 0 Å². The Morgan fingerprint density at radius 2 is 1.95 bits per heavy atom. The summed E-state index contributed by atoms with van der Waals surface area (Å²) in [4.78, 5) is 29.1. The number of H-pyrrole nitrogens is 1. The van der Waals surface area contributed by atoms with Crippen LogP contribution in [-0.2, 0) is 0 Å². The highest BCUT2D eigenvalue weighted by atomic mass is 19.1. The zero-order valence-electron chi connectivity index (χ0n) is 11.0. The lowest BCUT2D eigenvalue weighted by atomic mass is 10.2. The quantitative estimate of drug-likeness (QED) is 0.573. The molecule has 2 aromatic carbocycles. The summed E-state index contributed by atoms with van der Waals surface area (Å²) >= 11 is 0. The van der Waals surface area contributed by atoms with Gasteiger partial charge < -0.3 is 4.98 Å². The minimum Gasteiger partial charge on any atom is -0.324 e. The zero-order chi connectivity index (χ0) is 15.7. The van der Waals surface area contributed by atoms with E-state index in [-0.39, 0.29) is 17.2 Å². The van der Waals surface area contributed by atoms with Crippen molar-refractivity contribution < 1.29 is 14.1 Å². The Kier molecular flexibility index (Phi) is 3.26. The number of rotatable bonds is 3. The number of imidazole rings is 1. The number of anilines is 1. The number of nitrogens with zero attached hydrogens (tertiary/aromatic N) is 2. The van der Waals surface area contributed by atoms with Crippen LogP contribution >= 0.6 is 0 Å². The highest BCUT2D eigenvalue weighted by Gasteiger charge is 2.12. The molecular formula is C14H9FN4O3. The van der Waals surface area contributed by atoms with Gasteiger partial charge >= 0.3 is 0 Å². The maximum Gasteiger partial charge on any atom is 0.271 e. The normalized spacial score (nSPS) is 10.6. The number of non-ortho nitro benzene ring substituents is 1. The van der Waals surface area contributed by atoms with Crippen LogP contribution in [0.2, 0.25) is 0 Å². The van der Waals surface area contributed by atoms with Crippen molar-refractivity contribution in [1.82, 2.24) is 9.97 Å². The van der Waals surface area contributed by atoms with Crippen molar-refractivity contribution in [3.05, 3.63) is 64.0 Å². The highest BCUT2D eigenvalue weighted by molar-refractivity contribution is 6.03. The summed E-state index contributed by atoms with van der Waals surface area (Å²) in [5, 5.41) is 13.2. The maximum atomic E-state index is 12.8. The first kappa shape index (κ1) is 13.7. The van der Waals surface area contributed by atoms with Gasteiger partial charge in [0.05, 0.1) is 16.0 Å². The van der Waals surface area contributed by atoms with Crippen molar-refractivity contribution in [3.8, 4) is 0 Å². The summed E-state index contributed by atoms with van der Waals surface area (Å²) in [5.74, 6) is -0.744. The third kappa shape index (κ3) is 2.62. The van der Waals surface area contributed by atoms with Gasteiger partial charge in [-0.05, 0) is 30.3 Å². The molecule has 3 rings (SSSR count). The number of carbonyl (C=O) groups excluding carboxylic acids is 1. The molecule has 0 saturated carbocycles. The first-order chi connectivity index (χ1) is 10.5. The number of halogens is 1. The summed E-state index contributed by atoms with van der Waals surface area (Å²) in [6.45, 7) is 0. The molecule has 2 N–H and O–H groups in total. The maximum absolute atomic E-state index is 12.8. The second-order valence-corrected chi connectivity index (χ2v) is 4.50. The van der Waals surface area contributed by atoms with Gasteiger partial charge in [0, 0.05) is 17.7 Å².